The molecule has 1 saturated heterocycles. The molecule has 18 heavy (non-hydrogen) atoms. The Bertz CT molecular complexity index is 219. The highest BCUT2D eigenvalue weighted by molar-refractivity contribution is 5.82. The number of nitrogens with one attached hydrogen (secondary N) is 2. The molecule has 0 aliphatic carbocycles. The molecule has 0 bridgehead atoms. The normalized spacial score (nSPS) is 19.8. The van der Waals surface area contributed by atoms with Crippen molar-refractivity contribution in [1.82, 2.24) is 10.6 Å². The zero-order valence-electron chi connectivity index (χ0n) is 12.0. The molecule has 0 radical (unpaired) electrons. The van der Waals surface area contributed by atoms with Crippen LogP contribution in [0.5, 0.6) is 0 Å². The van der Waals surface area contributed by atoms with Gasteiger partial charge in [0.1, 0.15) is 0 Å². The van der Waals surface area contributed by atoms with Crippen molar-refractivity contribution in [2.24, 2.45) is 0 Å². The third-order valence-corrected chi connectivity index (χ3v) is 3.71. The van der Waals surface area contributed by atoms with Gasteiger partial charge in [-0.05, 0) is 25.8 Å². The molecule has 1 aliphatic rings. The first-order valence-electron chi connectivity index (χ1n) is 7.85. The van der Waals surface area contributed by atoms with Gasteiger partial charge in [-0.2, -0.15) is 0 Å². The van der Waals surface area contributed by atoms with Gasteiger partial charge in [-0.1, -0.05) is 51.9 Å². The molecule has 1 heterocycles. The second-order valence-electron chi connectivity index (χ2n) is 5.41. The van der Waals surface area contributed by atoms with Crippen LogP contribution in [0.25, 0.3) is 0 Å². The monoisotopic (exact) mass is 254 g/mol. The summed E-state index contributed by atoms with van der Waals surface area (Å²) in [5.41, 5.74) is 0. The van der Waals surface area contributed by atoms with Crippen molar-refractivity contribution in [2.45, 2.75) is 77.2 Å². The molecular weight excluding hydrogens is 224 g/mol. The second kappa shape index (κ2) is 10.4. The summed E-state index contributed by atoms with van der Waals surface area (Å²) in [5.74, 6) is 0.195. The summed E-state index contributed by atoms with van der Waals surface area (Å²) in [5, 5.41) is 6.28. The lowest BCUT2D eigenvalue weighted by atomic mass is 10.1. The highest BCUT2D eigenvalue weighted by Gasteiger charge is 2.20. The summed E-state index contributed by atoms with van der Waals surface area (Å²) in [6.45, 7) is 4.11. The fraction of sp³-hybridized carbons (Fsp3) is 0.933. The molecule has 0 saturated carbocycles. The maximum absolute atomic E-state index is 11.5. The lowest BCUT2D eigenvalue weighted by Crippen LogP contribution is -2.48. The fourth-order valence-electron chi connectivity index (χ4n) is 2.50. The first kappa shape index (κ1) is 15.5. The maximum atomic E-state index is 11.5. The smallest absolute Gasteiger partial charge is 0.237 e. The Labute approximate surface area is 112 Å². The number of unbranched alkanes of at least 4 members (excludes halogenated alkanes) is 7. The number of carbonyl (C=O) groups excluding carboxylic acids is 1. The molecule has 1 fully saturated rings. The van der Waals surface area contributed by atoms with Crippen LogP contribution < -0.4 is 10.6 Å². The molecule has 106 valence electrons. The topological polar surface area (TPSA) is 41.1 Å². The van der Waals surface area contributed by atoms with Gasteiger partial charge in [0.25, 0.3) is 0 Å². The quantitative estimate of drug-likeness (QED) is 0.588. The Morgan fingerprint density at radius 2 is 1.78 bits per heavy atom. The van der Waals surface area contributed by atoms with Crippen LogP contribution in [0.15, 0.2) is 0 Å². The predicted octanol–water partition coefficient (Wildman–Crippen LogP) is 3.00. The number of carbonyl (C=O) groups is 1. The van der Waals surface area contributed by atoms with Crippen LogP contribution in [0.1, 0.15) is 71.1 Å². The second-order valence-corrected chi connectivity index (χ2v) is 5.41. The van der Waals surface area contributed by atoms with Crippen LogP contribution in [-0.2, 0) is 4.79 Å². The average Bonchev–Trinajstić information content (AvgIpc) is 2.39. The SMILES string of the molecule is CCCCCCCCCCNC1CCCNC1=O. The standard InChI is InChI=1S/C15H30N2O/c1-2-3-4-5-6-7-8-9-12-16-14-11-10-13-17-15(14)18/h14,16H,2-13H2,1H3,(H,17,18). The van der Waals surface area contributed by atoms with E-state index in [1.807, 2.05) is 0 Å². The summed E-state index contributed by atoms with van der Waals surface area (Å²) in [6.07, 6.45) is 12.9. The molecule has 1 unspecified atom stereocenters. The van der Waals surface area contributed by atoms with Crippen molar-refractivity contribution < 1.29 is 4.79 Å². The summed E-state index contributed by atoms with van der Waals surface area (Å²) >= 11 is 0. The van der Waals surface area contributed by atoms with E-state index < -0.39 is 0 Å². The van der Waals surface area contributed by atoms with Crippen molar-refractivity contribution in [3.63, 3.8) is 0 Å². The summed E-state index contributed by atoms with van der Waals surface area (Å²) < 4.78 is 0. The molecule has 1 atom stereocenters. The predicted molar refractivity (Wildman–Crippen MR) is 76.6 cm³/mol. The zero-order valence-corrected chi connectivity index (χ0v) is 12.0. The third kappa shape index (κ3) is 7.00. The minimum atomic E-state index is 0.0725. The van der Waals surface area contributed by atoms with Crippen LogP contribution in [-0.4, -0.2) is 25.0 Å². The van der Waals surface area contributed by atoms with E-state index in [0.717, 1.165) is 25.9 Å². The summed E-state index contributed by atoms with van der Waals surface area (Å²) in [4.78, 5) is 11.5. The number of rotatable bonds is 10. The zero-order chi connectivity index (χ0) is 13.1. The van der Waals surface area contributed by atoms with E-state index in [0.29, 0.717) is 0 Å². The fourth-order valence-corrected chi connectivity index (χ4v) is 2.50. The van der Waals surface area contributed by atoms with E-state index in [2.05, 4.69) is 17.6 Å². The highest BCUT2D eigenvalue weighted by Crippen LogP contribution is 2.08. The minimum absolute atomic E-state index is 0.0725. The van der Waals surface area contributed by atoms with Gasteiger partial charge in [-0.3, -0.25) is 4.79 Å². The van der Waals surface area contributed by atoms with Crippen molar-refractivity contribution >= 4 is 5.91 Å². The Morgan fingerprint density at radius 1 is 1.11 bits per heavy atom. The van der Waals surface area contributed by atoms with Crippen molar-refractivity contribution in [1.29, 1.82) is 0 Å². The van der Waals surface area contributed by atoms with E-state index in [4.69, 9.17) is 0 Å². The van der Waals surface area contributed by atoms with Crippen LogP contribution in [0.3, 0.4) is 0 Å². The van der Waals surface area contributed by atoms with Gasteiger partial charge >= 0.3 is 0 Å². The molecule has 0 aromatic heterocycles. The van der Waals surface area contributed by atoms with E-state index in [9.17, 15) is 4.79 Å². The lowest BCUT2D eigenvalue weighted by molar-refractivity contribution is -0.124. The number of hydrogen-bond acceptors (Lipinski definition) is 2. The maximum Gasteiger partial charge on any atom is 0.237 e. The molecule has 3 nitrogen and oxygen atoms in total. The molecule has 1 aliphatic heterocycles. The van der Waals surface area contributed by atoms with Gasteiger partial charge < -0.3 is 10.6 Å². The Balaban J connectivity index is 1.84. The van der Waals surface area contributed by atoms with Crippen molar-refractivity contribution in [3.8, 4) is 0 Å². The van der Waals surface area contributed by atoms with E-state index in [1.54, 1.807) is 0 Å². The molecule has 0 aromatic carbocycles. The van der Waals surface area contributed by atoms with E-state index in [-0.39, 0.29) is 11.9 Å². The van der Waals surface area contributed by atoms with E-state index in [1.165, 1.54) is 51.4 Å². The Kier molecular flexibility index (Phi) is 8.92. The number of hydrogen-bond donors (Lipinski definition) is 2. The van der Waals surface area contributed by atoms with Crippen LogP contribution in [0.4, 0.5) is 0 Å². The number of piperidine rings is 1. The number of amides is 1. The minimum Gasteiger partial charge on any atom is -0.355 e. The third-order valence-electron chi connectivity index (χ3n) is 3.71. The molecule has 1 amide bonds. The first-order valence-corrected chi connectivity index (χ1v) is 7.85. The highest BCUT2D eigenvalue weighted by atomic mass is 16.2. The van der Waals surface area contributed by atoms with Crippen LogP contribution >= 0.6 is 0 Å². The molecule has 1 rings (SSSR count). The Morgan fingerprint density at radius 3 is 2.44 bits per heavy atom. The van der Waals surface area contributed by atoms with Gasteiger partial charge in [0.2, 0.25) is 5.91 Å². The largest absolute Gasteiger partial charge is 0.355 e. The Hall–Kier alpha value is -0.570. The summed E-state index contributed by atoms with van der Waals surface area (Å²) in [7, 11) is 0. The van der Waals surface area contributed by atoms with Crippen LogP contribution in [0.2, 0.25) is 0 Å². The van der Waals surface area contributed by atoms with Gasteiger partial charge in [-0.15, -0.1) is 0 Å². The molecule has 0 spiro atoms. The van der Waals surface area contributed by atoms with Gasteiger partial charge in [0.15, 0.2) is 0 Å². The van der Waals surface area contributed by atoms with E-state index >= 15 is 0 Å². The lowest BCUT2D eigenvalue weighted by Gasteiger charge is -2.22. The molecule has 0 aromatic rings. The van der Waals surface area contributed by atoms with Crippen molar-refractivity contribution in [3.05, 3.63) is 0 Å². The molecule has 2 N–H and O–H groups in total. The summed E-state index contributed by atoms with van der Waals surface area (Å²) in [6, 6.07) is 0.0725. The first-order chi connectivity index (χ1) is 8.84. The van der Waals surface area contributed by atoms with Gasteiger partial charge in [0, 0.05) is 6.54 Å². The molecular formula is C15H30N2O. The molecule has 3 heteroatoms. The van der Waals surface area contributed by atoms with Crippen LogP contribution in [0, 0.1) is 0 Å². The average molecular weight is 254 g/mol. The van der Waals surface area contributed by atoms with Crippen molar-refractivity contribution in [2.75, 3.05) is 13.1 Å². The van der Waals surface area contributed by atoms with Gasteiger partial charge in [0.05, 0.1) is 6.04 Å². The van der Waals surface area contributed by atoms with Gasteiger partial charge in [-0.25, -0.2) is 0 Å².